The van der Waals surface area contributed by atoms with E-state index in [1.54, 1.807) is 5.51 Å². The number of rotatable bonds is 0. The molecule has 32 valence electrons. The minimum Gasteiger partial charge on any atom is -0.367 e. The molecule has 0 bridgehead atoms. The van der Waals surface area contributed by atoms with E-state index in [-0.39, 0.29) is 0 Å². The summed E-state index contributed by atoms with van der Waals surface area (Å²) in [6.07, 6.45) is 0. The third-order valence-electron chi connectivity index (χ3n) is 0.378. The Labute approximate surface area is 39.0 Å². The lowest BCUT2D eigenvalue weighted by atomic mass is 11.1. The topological polar surface area (TPSA) is 51.8 Å². The first kappa shape index (κ1) is 3.55. The summed E-state index contributed by atoms with van der Waals surface area (Å²) in [5.41, 5.74) is 6.66. The van der Waals surface area contributed by atoms with Crippen LogP contribution in [-0.2, 0) is 0 Å². The van der Waals surface area contributed by atoms with Gasteiger partial charge in [0.1, 0.15) is 5.51 Å². The van der Waals surface area contributed by atoms with Crippen LogP contribution in [0.2, 0.25) is 0 Å². The quantitative estimate of drug-likeness (QED) is 0.505. The van der Waals surface area contributed by atoms with Crippen LogP contribution in [0.25, 0.3) is 0 Å². The second-order valence-electron chi connectivity index (χ2n) is 0.789. The van der Waals surface area contributed by atoms with Gasteiger partial charge in [0.05, 0.1) is 0 Å². The van der Waals surface area contributed by atoms with Gasteiger partial charge < -0.3 is 5.73 Å². The molecule has 0 spiro atoms. The molecule has 0 radical (unpaired) electrons. The molecule has 0 saturated heterocycles. The van der Waals surface area contributed by atoms with Gasteiger partial charge in [0, 0.05) is 0 Å². The lowest BCUT2D eigenvalue weighted by molar-refractivity contribution is 1.34. The van der Waals surface area contributed by atoms with Crippen molar-refractivity contribution in [2.24, 2.45) is 0 Å². The monoisotopic (exact) mass is 101 g/mol. The first-order chi connectivity index (χ1) is 2.89. The SMILES string of the molecule is Nc1ncsn1. The predicted octanol–water partition coefficient (Wildman–Crippen LogP) is 0.120. The lowest BCUT2D eigenvalue weighted by Gasteiger charge is -1.65. The van der Waals surface area contributed by atoms with E-state index in [4.69, 9.17) is 5.73 Å². The van der Waals surface area contributed by atoms with Gasteiger partial charge in [0.25, 0.3) is 0 Å². The molecule has 6 heavy (non-hydrogen) atoms. The highest BCUT2D eigenvalue weighted by molar-refractivity contribution is 7.03. The van der Waals surface area contributed by atoms with Crippen molar-refractivity contribution in [1.82, 2.24) is 9.36 Å². The highest BCUT2D eigenvalue weighted by Crippen LogP contribution is 1.90. The fraction of sp³-hybridized carbons (Fsp3) is 0. The predicted molar refractivity (Wildman–Crippen MR) is 24.3 cm³/mol. The maximum atomic E-state index is 5.07. The number of hydrogen-bond donors (Lipinski definition) is 1. The molecule has 0 aromatic carbocycles. The highest BCUT2D eigenvalue weighted by Gasteiger charge is 1.78. The molecule has 3 nitrogen and oxygen atoms in total. The Morgan fingerprint density at radius 3 is 2.83 bits per heavy atom. The number of nitrogen functional groups attached to an aromatic ring is 1. The molecular formula is C2H3N3S. The van der Waals surface area contributed by atoms with Gasteiger partial charge in [-0.15, -0.1) is 0 Å². The zero-order valence-corrected chi connectivity index (χ0v) is 3.77. The molecule has 0 amide bonds. The van der Waals surface area contributed by atoms with Gasteiger partial charge in [0.15, 0.2) is 0 Å². The molecule has 4 heteroatoms. The van der Waals surface area contributed by atoms with Gasteiger partial charge in [-0.25, -0.2) is 4.98 Å². The fourth-order valence-corrected chi connectivity index (χ4v) is 0.536. The van der Waals surface area contributed by atoms with Crippen molar-refractivity contribution in [3.05, 3.63) is 5.51 Å². The molecule has 1 heterocycles. The molecule has 1 aromatic heterocycles. The summed E-state index contributed by atoms with van der Waals surface area (Å²) in [5, 5.41) is 0. The maximum Gasteiger partial charge on any atom is 0.231 e. The Bertz CT molecular complexity index is 112. The van der Waals surface area contributed by atoms with Crippen LogP contribution in [0.3, 0.4) is 0 Å². The smallest absolute Gasteiger partial charge is 0.231 e. The molecular weight excluding hydrogens is 98.1 g/mol. The molecule has 0 saturated carbocycles. The fourth-order valence-electron chi connectivity index (χ4n) is 0.179. The normalized spacial score (nSPS) is 8.67. The third kappa shape index (κ3) is 0.463. The van der Waals surface area contributed by atoms with E-state index in [1.807, 2.05) is 0 Å². The van der Waals surface area contributed by atoms with Crippen LogP contribution in [0.4, 0.5) is 5.95 Å². The Kier molecular flexibility index (Phi) is 0.719. The van der Waals surface area contributed by atoms with Crippen LogP contribution in [0.15, 0.2) is 5.51 Å². The van der Waals surface area contributed by atoms with Gasteiger partial charge in [-0.3, -0.25) is 0 Å². The largest absolute Gasteiger partial charge is 0.367 e. The minimum atomic E-state index is 0.361. The zero-order chi connectivity index (χ0) is 4.41. The van der Waals surface area contributed by atoms with Gasteiger partial charge in [0.2, 0.25) is 5.95 Å². The summed E-state index contributed by atoms with van der Waals surface area (Å²) >= 11 is 1.25. The van der Waals surface area contributed by atoms with Crippen LogP contribution in [0.1, 0.15) is 0 Å². The Balaban J connectivity index is 3.05. The van der Waals surface area contributed by atoms with Gasteiger partial charge >= 0.3 is 0 Å². The van der Waals surface area contributed by atoms with E-state index in [0.29, 0.717) is 5.95 Å². The maximum absolute atomic E-state index is 5.07. The second-order valence-corrected chi connectivity index (χ2v) is 1.39. The van der Waals surface area contributed by atoms with E-state index in [0.717, 1.165) is 0 Å². The minimum absolute atomic E-state index is 0.361. The summed E-state index contributed by atoms with van der Waals surface area (Å²) in [4.78, 5) is 3.60. The summed E-state index contributed by atoms with van der Waals surface area (Å²) in [5.74, 6) is 0.361. The number of anilines is 1. The van der Waals surface area contributed by atoms with Crippen molar-refractivity contribution >= 4 is 17.5 Å². The van der Waals surface area contributed by atoms with Crippen molar-refractivity contribution in [3.8, 4) is 0 Å². The first-order valence-corrected chi connectivity index (χ1v) is 2.25. The third-order valence-corrected chi connectivity index (χ3v) is 0.871. The average molecular weight is 101 g/mol. The molecule has 0 atom stereocenters. The zero-order valence-electron chi connectivity index (χ0n) is 2.96. The van der Waals surface area contributed by atoms with Crippen LogP contribution < -0.4 is 5.73 Å². The number of hydrogen-bond acceptors (Lipinski definition) is 4. The van der Waals surface area contributed by atoms with Crippen molar-refractivity contribution in [2.45, 2.75) is 0 Å². The Morgan fingerprint density at radius 2 is 2.67 bits per heavy atom. The summed E-state index contributed by atoms with van der Waals surface area (Å²) in [6, 6.07) is 0. The highest BCUT2D eigenvalue weighted by atomic mass is 32.1. The van der Waals surface area contributed by atoms with E-state index < -0.39 is 0 Å². The van der Waals surface area contributed by atoms with Crippen LogP contribution in [-0.4, -0.2) is 9.36 Å². The standard InChI is InChI=1S/C2H3N3S/c3-2-4-1-6-5-2/h1H,(H2,3,5). The van der Waals surface area contributed by atoms with E-state index in [2.05, 4.69) is 9.36 Å². The van der Waals surface area contributed by atoms with Crippen molar-refractivity contribution in [2.75, 3.05) is 5.73 Å². The summed E-state index contributed by atoms with van der Waals surface area (Å²) < 4.78 is 3.62. The molecule has 0 aliphatic carbocycles. The number of nitrogens with two attached hydrogens (primary N) is 1. The molecule has 2 N–H and O–H groups in total. The average Bonchev–Trinajstić information content (AvgIpc) is 1.86. The van der Waals surface area contributed by atoms with Gasteiger partial charge in [-0.05, 0) is 11.5 Å². The molecule has 0 aliphatic rings. The first-order valence-electron chi connectivity index (χ1n) is 1.41. The molecule has 1 aromatic rings. The van der Waals surface area contributed by atoms with Crippen LogP contribution >= 0.6 is 11.5 Å². The van der Waals surface area contributed by atoms with Crippen molar-refractivity contribution in [1.29, 1.82) is 0 Å². The van der Waals surface area contributed by atoms with Gasteiger partial charge in [-0.2, -0.15) is 4.37 Å². The van der Waals surface area contributed by atoms with E-state index >= 15 is 0 Å². The summed E-state index contributed by atoms with van der Waals surface area (Å²) in [6.45, 7) is 0. The molecule has 0 fully saturated rings. The van der Waals surface area contributed by atoms with Crippen molar-refractivity contribution < 1.29 is 0 Å². The van der Waals surface area contributed by atoms with Crippen molar-refractivity contribution in [3.63, 3.8) is 0 Å². The van der Waals surface area contributed by atoms with Gasteiger partial charge in [-0.1, -0.05) is 0 Å². The molecule has 0 unspecified atom stereocenters. The Morgan fingerprint density at radius 1 is 1.83 bits per heavy atom. The van der Waals surface area contributed by atoms with E-state index in [1.165, 1.54) is 11.5 Å². The van der Waals surface area contributed by atoms with E-state index in [9.17, 15) is 0 Å². The second kappa shape index (κ2) is 1.22. The Hall–Kier alpha value is -0.640. The lowest BCUT2D eigenvalue weighted by Crippen LogP contribution is -1.83. The van der Waals surface area contributed by atoms with Crippen LogP contribution in [0.5, 0.6) is 0 Å². The summed E-state index contributed by atoms with van der Waals surface area (Å²) in [7, 11) is 0. The number of nitrogens with zero attached hydrogens (tertiary/aromatic N) is 2. The van der Waals surface area contributed by atoms with Crippen LogP contribution in [0, 0.1) is 0 Å². The molecule has 0 aliphatic heterocycles. The molecule has 1 rings (SSSR count). The number of aromatic nitrogens is 2.